The molecule has 4 fully saturated rings. The number of hydrogen-bond donors (Lipinski definition) is 1. The summed E-state index contributed by atoms with van der Waals surface area (Å²) in [5.74, 6) is -0.0153. The molecule has 262 valence electrons. The quantitative estimate of drug-likeness (QED) is 0.192. The molecule has 5 aliphatic carbocycles. The van der Waals surface area contributed by atoms with E-state index in [1.807, 2.05) is 0 Å². The molecule has 1 aromatic rings. The minimum absolute atomic E-state index is 0.00586. The molecule has 12 heteroatoms. The van der Waals surface area contributed by atoms with Gasteiger partial charge in [0.15, 0.2) is 11.3 Å². The number of rotatable bonds is 8. The number of fused-ring (bicyclic) bond motifs is 2. The number of hydrogen-bond acceptors (Lipinski definition) is 8. The molecule has 4 saturated carbocycles. The fourth-order valence-electron chi connectivity index (χ4n) is 9.14. The molecule has 2 N–H and O–H groups in total. The lowest BCUT2D eigenvalue weighted by atomic mass is 9.91. The summed E-state index contributed by atoms with van der Waals surface area (Å²) >= 11 is 0. The van der Waals surface area contributed by atoms with Gasteiger partial charge in [0.1, 0.15) is 26.7 Å². The third kappa shape index (κ3) is 6.31. The van der Waals surface area contributed by atoms with E-state index in [9.17, 15) is 21.6 Å². The van der Waals surface area contributed by atoms with Crippen molar-refractivity contribution in [2.75, 3.05) is 5.73 Å². The molecule has 0 spiro atoms. The zero-order valence-electron chi connectivity index (χ0n) is 27.9. The normalized spacial score (nSPS) is 21.9. The van der Waals surface area contributed by atoms with E-state index in [1.165, 1.54) is 6.07 Å². The van der Waals surface area contributed by atoms with Crippen LogP contribution in [0.1, 0.15) is 128 Å². The summed E-state index contributed by atoms with van der Waals surface area (Å²) in [5.41, 5.74) is 5.54. The highest BCUT2D eigenvalue weighted by atomic mass is 32.2. The Labute approximate surface area is 284 Å². The fraction of sp³-hybridized carbons (Fsp3) is 0.667. The van der Waals surface area contributed by atoms with Gasteiger partial charge in [0.25, 0.3) is 0 Å². The number of nitrogens with two attached hydrogens (primary N) is 1. The van der Waals surface area contributed by atoms with Gasteiger partial charge < -0.3 is 10.2 Å². The van der Waals surface area contributed by atoms with Crippen LogP contribution < -0.4 is 11.2 Å². The summed E-state index contributed by atoms with van der Waals surface area (Å²) < 4.78 is 69.2. The van der Waals surface area contributed by atoms with Crippen LogP contribution in [0.5, 0.6) is 0 Å². The maximum absolute atomic E-state index is 15.0. The molecule has 0 aromatic heterocycles. The molecule has 1 aromatic carbocycles. The highest BCUT2D eigenvalue weighted by Crippen LogP contribution is 2.42. The number of para-hydroxylation sites is 1. The highest BCUT2D eigenvalue weighted by Gasteiger charge is 2.43. The first-order valence-corrected chi connectivity index (χ1v) is 21.3. The van der Waals surface area contributed by atoms with E-state index < -0.39 is 31.2 Å². The van der Waals surface area contributed by atoms with Gasteiger partial charge >= 0.3 is 0 Å². The Morgan fingerprint density at radius 3 is 1.54 bits per heavy atom. The molecular formula is C36H50N4O6S2. The number of nitrogens with zero attached hydrogens (tertiary/aromatic N) is 3. The van der Waals surface area contributed by atoms with Crippen LogP contribution in [0.4, 0.5) is 5.69 Å². The standard InChI is InChI=1S/C36H50N4O6S2/c37-33-29(41)24-31-35(36(33)48(44,45)40(27-18-9-3-10-19-27)28-20-11-4-12-21-28)38-34-30(46-31)22-13-23-32(34)47(42,43)39(25-14-5-1-6-15-25)26-16-7-2-8-17-26/h13,22-28H,1-12,14-21,37H2. The lowest BCUT2D eigenvalue weighted by molar-refractivity contribution is 0.169. The Kier molecular flexibility index (Phi) is 9.89. The maximum atomic E-state index is 15.0. The Morgan fingerprint density at radius 2 is 1.08 bits per heavy atom. The van der Waals surface area contributed by atoms with Crippen LogP contribution >= 0.6 is 0 Å². The van der Waals surface area contributed by atoms with Gasteiger partial charge in [-0.25, -0.2) is 21.8 Å². The summed E-state index contributed by atoms with van der Waals surface area (Å²) in [6.07, 6.45) is 18.4. The van der Waals surface area contributed by atoms with Crippen molar-refractivity contribution >= 4 is 36.8 Å². The molecule has 0 amide bonds. The molecule has 0 bridgehead atoms. The van der Waals surface area contributed by atoms with Crippen molar-refractivity contribution in [2.24, 2.45) is 0 Å². The lowest BCUT2D eigenvalue weighted by Crippen LogP contribution is -2.49. The van der Waals surface area contributed by atoms with Crippen LogP contribution in [-0.4, -0.2) is 54.6 Å². The van der Waals surface area contributed by atoms with E-state index in [-0.39, 0.29) is 56.5 Å². The first-order valence-electron chi connectivity index (χ1n) is 18.4. The predicted molar refractivity (Wildman–Crippen MR) is 187 cm³/mol. The second-order valence-corrected chi connectivity index (χ2v) is 18.2. The van der Waals surface area contributed by atoms with Gasteiger partial charge in [-0.3, -0.25) is 4.79 Å². The van der Waals surface area contributed by atoms with Gasteiger partial charge in [0.2, 0.25) is 25.5 Å². The minimum atomic E-state index is -4.32. The van der Waals surface area contributed by atoms with Gasteiger partial charge in [-0.1, -0.05) is 83.1 Å². The summed E-state index contributed by atoms with van der Waals surface area (Å²) in [5, 5.41) is 0. The second kappa shape index (κ2) is 14.0. The Balaban J connectivity index is 1.41. The molecule has 48 heavy (non-hydrogen) atoms. The monoisotopic (exact) mass is 698 g/mol. The van der Waals surface area contributed by atoms with Crippen molar-refractivity contribution in [1.29, 1.82) is 0 Å². The van der Waals surface area contributed by atoms with Crippen molar-refractivity contribution in [3.63, 3.8) is 0 Å². The lowest BCUT2D eigenvalue weighted by Gasteiger charge is -2.41. The molecule has 0 unspecified atom stereocenters. The molecule has 10 nitrogen and oxygen atoms in total. The summed E-state index contributed by atoms with van der Waals surface area (Å²) in [6.45, 7) is 0. The van der Waals surface area contributed by atoms with E-state index in [2.05, 4.69) is 0 Å². The van der Waals surface area contributed by atoms with Crippen LogP contribution in [0.25, 0.3) is 22.6 Å². The highest BCUT2D eigenvalue weighted by molar-refractivity contribution is 7.89. The van der Waals surface area contributed by atoms with Crippen LogP contribution in [0.2, 0.25) is 0 Å². The van der Waals surface area contributed by atoms with Gasteiger partial charge in [-0.2, -0.15) is 8.61 Å². The Bertz CT molecular complexity index is 1820. The smallest absolute Gasteiger partial charge is 0.248 e. The molecular weight excluding hydrogens is 649 g/mol. The molecule has 1 heterocycles. The molecule has 0 atom stereocenters. The topological polar surface area (TPSA) is 144 Å². The average molecular weight is 699 g/mol. The SMILES string of the molecule is Nc1c(S(=O)(=O)N(C2CCCCC2)C2CCCCC2)c2nc3c(S(=O)(=O)N(C4CCCCC4)C4CCCCC4)cccc3oc-2cc1=O. The van der Waals surface area contributed by atoms with Gasteiger partial charge in [-0.05, 0) is 63.5 Å². The zero-order chi connectivity index (χ0) is 33.5. The number of anilines is 1. The summed E-state index contributed by atoms with van der Waals surface area (Å²) in [6, 6.07) is 5.43. The number of nitrogen functional groups attached to an aromatic ring is 1. The van der Waals surface area contributed by atoms with Crippen LogP contribution in [0.15, 0.2) is 43.3 Å². The molecule has 1 aliphatic heterocycles. The summed E-state index contributed by atoms with van der Waals surface area (Å²) in [7, 11) is -8.38. The van der Waals surface area contributed by atoms with E-state index in [0.29, 0.717) is 0 Å². The molecule has 6 aliphatic rings. The zero-order valence-corrected chi connectivity index (χ0v) is 29.6. The van der Waals surface area contributed by atoms with Gasteiger partial charge in [-0.15, -0.1) is 0 Å². The number of benzene rings is 2. The second-order valence-electron chi connectivity index (χ2n) is 14.6. The van der Waals surface area contributed by atoms with Gasteiger partial charge in [0.05, 0.1) is 0 Å². The minimum Gasteiger partial charge on any atom is -0.453 e. The Morgan fingerprint density at radius 1 is 0.646 bits per heavy atom. The van der Waals surface area contributed by atoms with Gasteiger partial charge in [0, 0.05) is 30.2 Å². The molecule has 0 saturated heterocycles. The average Bonchev–Trinajstić information content (AvgIpc) is 3.09. The third-order valence-electron chi connectivity index (χ3n) is 11.5. The molecule has 7 rings (SSSR count). The third-order valence-corrected chi connectivity index (χ3v) is 15.6. The van der Waals surface area contributed by atoms with Crippen LogP contribution in [-0.2, 0) is 20.0 Å². The van der Waals surface area contributed by atoms with E-state index in [1.54, 1.807) is 26.8 Å². The Hall–Kier alpha value is -2.54. The van der Waals surface area contributed by atoms with Crippen LogP contribution in [0, 0.1) is 0 Å². The largest absolute Gasteiger partial charge is 0.453 e. The maximum Gasteiger partial charge on any atom is 0.248 e. The summed E-state index contributed by atoms with van der Waals surface area (Å²) in [4.78, 5) is 17.8. The fourth-order valence-corrected chi connectivity index (χ4v) is 13.4. The van der Waals surface area contributed by atoms with Crippen molar-refractivity contribution in [3.8, 4) is 11.5 Å². The van der Waals surface area contributed by atoms with Crippen molar-refractivity contribution in [3.05, 3.63) is 34.5 Å². The van der Waals surface area contributed by atoms with E-state index in [4.69, 9.17) is 15.1 Å². The first-order chi connectivity index (χ1) is 23.2. The molecule has 0 radical (unpaired) electrons. The van der Waals surface area contributed by atoms with E-state index in [0.717, 1.165) is 128 Å². The van der Waals surface area contributed by atoms with Crippen molar-refractivity contribution in [1.82, 2.24) is 13.6 Å². The van der Waals surface area contributed by atoms with Crippen LogP contribution in [0.3, 0.4) is 0 Å². The number of aromatic nitrogens is 1. The van der Waals surface area contributed by atoms with Crippen molar-refractivity contribution in [2.45, 2.75) is 162 Å². The predicted octanol–water partition coefficient (Wildman–Crippen LogP) is 7.19. The first kappa shape index (κ1) is 33.9. The number of sulfonamides is 2. The van der Waals surface area contributed by atoms with E-state index >= 15 is 0 Å². The van der Waals surface area contributed by atoms with Crippen molar-refractivity contribution < 1.29 is 21.3 Å².